The van der Waals surface area contributed by atoms with E-state index in [-0.39, 0.29) is 0 Å². The number of amides is 1. The molecule has 19 heavy (non-hydrogen) atoms. The third kappa shape index (κ3) is 2.84. The van der Waals surface area contributed by atoms with Gasteiger partial charge in [0.15, 0.2) is 0 Å². The molecule has 1 aliphatic rings. The summed E-state index contributed by atoms with van der Waals surface area (Å²) in [7, 11) is 1.69. The van der Waals surface area contributed by atoms with Crippen molar-refractivity contribution in [3.63, 3.8) is 0 Å². The fourth-order valence-electron chi connectivity index (χ4n) is 2.23. The number of nitrogen functional groups attached to an aromatic ring is 1. The van der Waals surface area contributed by atoms with Gasteiger partial charge in [-0.05, 0) is 25.7 Å². The van der Waals surface area contributed by atoms with E-state index in [1.165, 1.54) is 11.3 Å². The number of thiophene rings is 1. The first-order valence-corrected chi connectivity index (χ1v) is 7.37. The molecule has 6 heteroatoms. The molecular weight excluding hydrogens is 262 g/mol. The number of nitrogens with two attached hydrogens (primary N) is 2. The Bertz CT molecular complexity index is 469. The number of hydrogen-bond donors (Lipinski definition) is 2. The molecular formula is C13H21N3O2S. The molecule has 2 rings (SSSR count). The second kappa shape index (κ2) is 5.79. The Kier molecular flexibility index (Phi) is 4.31. The van der Waals surface area contributed by atoms with Crippen molar-refractivity contribution in [2.75, 3.05) is 37.4 Å². The van der Waals surface area contributed by atoms with Gasteiger partial charge in [0, 0.05) is 25.8 Å². The summed E-state index contributed by atoms with van der Waals surface area (Å²) in [5, 5.41) is 1.09. The molecule has 1 heterocycles. The normalized spacial score (nSPS) is 14.6. The van der Waals surface area contributed by atoms with E-state index in [1.807, 2.05) is 0 Å². The average Bonchev–Trinajstić information content (AvgIpc) is 3.15. The van der Waals surface area contributed by atoms with Crippen molar-refractivity contribution in [3.05, 3.63) is 10.4 Å². The fraction of sp³-hybridized carbons (Fsp3) is 0.615. The van der Waals surface area contributed by atoms with Gasteiger partial charge in [0.25, 0.3) is 5.91 Å². The Morgan fingerprint density at radius 2 is 2.21 bits per heavy atom. The molecule has 1 aromatic heterocycles. The summed E-state index contributed by atoms with van der Waals surface area (Å²) in [6, 6.07) is 0. The molecule has 4 N–H and O–H groups in total. The molecule has 1 amide bonds. The van der Waals surface area contributed by atoms with E-state index in [0.29, 0.717) is 23.1 Å². The largest absolute Gasteiger partial charge is 0.397 e. The number of hydrogen-bond acceptors (Lipinski definition) is 5. The van der Waals surface area contributed by atoms with E-state index in [4.69, 9.17) is 16.2 Å². The molecule has 1 fully saturated rings. The summed E-state index contributed by atoms with van der Waals surface area (Å²) in [5.74, 6) is 0.0642. The number of methoxy groups -OCH3 is 1. The van der Waals surface area contributed by atoms with Gasteiger partial charge in [0.2, 0.25) is 0 Å². The number of nitrogens with zero attached hydrogens (tertiary/aromatic N) is 1. The van der Waals surface area contributed by atoms with Gasteiger partial charge in [-0.3, -0.25) is 4.79 Å². The van der Waals surface area contributed by atoms with Crippen LogP contribution in [0.15, 0.2) is 0 Å². The molecule has 1 aromatic rings. The quantitative estimate of drug-likeness (QED) is 0.799. The molecule has 5 nitrogen and oxygen atoms in total. The van der Waals surface area contributed by atoms with Gasteiger partial charge in [-0.2, -0.15) is 0 Å². The van der Waals surface area contributed by atoms with Crippen LogP contribution in [0.5, 0.6) is 0 Å². The zero-order valence-corrected chi connectivity index (χ0v) is 12.3. The van der Waals surface area contributed by atoms with Crippen LogP contribution >= 0.6 is 11.3 Å². The van der Waals surface area contributed by atoms with E-state index >= 15 is 0 Å². The van der Waals surface area contributed by atoms with Gasteiger partial charge in [0.05, 0.1) is 17.3 Å². The van der Waals surface area contributed by atoms with Gasteiger partial charge < -0.3 is 21.1 Å². The van der Waals surface area contributed by atoms with Crippen LogP contribution in [0.25, 0.3) is 0 Å². The van der Waals surface area contributed by atoms with Crippen molar-refractivity contribution in [1.29, 1.82) is 0 Å². The number of carbonyl (C=O) groups excluding carboxylic acids is 1. The zero-order chi connectivity index (χ0) is 14.0. The maximum atomic E-state index is 11.5. The van der Waals surface area contributed by atoms with E-state index in [2.05, 4.69) is 11.8 Å². The predicted octanol–water partition coefficient (Wildman–Crippen LogP) is 1.78. The monoisotopic (exact) mass is 283 g/mol. The topological polar surface area (TPSA) is 81.6 Å². The third-order valence-electron chi connectivity index (χ3n) is 3.41. The highest BCUT2D eigenvalue weighted by molar-refractivity contribution is 7.18. The second-order valence-corrected chi connectivity index (χ2v) is 5.77. The van der Waals surface area contributed by atoms with Gasteiger partial charge in [0.1, 0.15) is 4.88 Å². The lowest BCUT2D eigenvalue weighted by Gasteiger charge is -2.22. The van der Waals surface area contributed by atoms with Crippen LogP contribution in [0, 0.1) is 0 Å². The van der Waals surface area contributed by atoms with Crippen LogP contribution in [0.4, 0.5) is 10.7 Å². The van der Waals surface area contributed by atoms with E-state index in [0.717, 1.165) is 36.5 Å². The number of anilines is 2. The predicted molar refractivity (Wildman–Crippen MR) is 79.0 cm³/mol. The number of primary amides is 1. The Morgan fingerprint density at radius 3 is 2.68 bits per heavy atom. The molecule has 0 saturated heterocycles. The average molecular weight is 283 g/mol. The lowest BCUT2D eigenvalue weighted by atomic mass is 10.1. The standard InChI is InChI=1S/C13H21N3O2S/c1-3-16(6-7-18-2)13-9(8-4-5-8)10(14)11(19-13)12(15)17/h8H,3-7,14H2,1-2H3,(H2,15,17). The summed E-state index contributed by atoms with van der Waals surface area (Å²) >= 11 is 1.42. The third-order valence-corrected chi connectivity index (χ3v) is 4.70. The maximum Gasteiger partial charge on any atom is 0.260 e. The highest BCUT2D eigenvalue weighted by Crippen LogP contribution is 2.51. The summed E-state index contributed by atoms with van der Waals surface area (Å²) < 4.78 is 5.14. The van der Waals surface area contributed by atoms with Gasteiger partial charge >= 0.3 is 0 Å². The van der Waals surface area contributed by atoms with Crippen LogP contribution in [0.3, 0.4) is 0 Å². The SMILES string of the molecule is CCN(CCOC)c1sc(C(N)=O)c(N)c1C1CC1. The molecule has 0 unspecified atom stereocenters. The van der Waals surface area contributed by atoms with E-state index in [9.17, 15) is 4.79 Å². The number of rotatable bonds is 7. The van der Waals surface area contributed by atoms with Crippen molar-refractivity contribution in [3.8, 4) is 0 Å². The maximum absolute atomic E-state index is 11.5. The summed E-state index contributed by atoms with van der Waals surface area (Å²) in [4.78, 5) is 14.2. The first kappa shape index (κ1) is 14.1. The Labute approximate surface area is 117 Å². The second-order valence-electron chi connectivity index (χ2n) is 4.77. The van der Waals surface area contributed by atoms with E-state index < -0.39 is 5.91 Å². The van der Waals surface area contributed by atoms with Crippen molar-refractivity contribution in [2.45, 2.75) is 25.7 Å². The molecule has 0 aromatic carbocycles. The molecule has 1 aliphatic carbocycles. The van der Waals surface area contributed by atoms with Gasteiger partial charge in [-0.25, -0.2) is 0 Å². The van der Waals surface area contributed by atoms with Crippen LogP contribution in [-0.2, 0) is 4.74 Å². The van der Waals surface area contributed by atoms with Crippen molar-refractivity contribution in [2.24, 2.45) is 5.73 Å². The molecule has 0 atom stereocenters. The molecule has 106 valence electrons. The first-order valence-electron chi connectivity index (χ1n) is 6.55. The molecule has 0 spiro atoms. The molecule has 0 aliphatic heterocycles. The van der Waals surface area contributed by atoms with Crippen LogP contribution in [-0.4, -0.2) is 32.7 Å². The lowest BCUT2D eigenvalue weighted by Crippen LogP contribution is -2.26. The first-order chi connectivity index (χ1) is 9.10. The minimum atomic E-state index is -0.432. The minimum absolute atomic E-state index is 0.432. The highest BCUT2D eigenvalue weighted by Gasteiger charge is 2.33. The molecule has 0 radical (unpaired) electrons. The number of ether oxygens (including phenoxy) is 1. The number of carbonyl (C=O) groups is 1. The minimum Gasteiger partial charge on any atom is -0.397 e. The Hall–Kier alpha value is -1.27. The number of likely N-dealkylation sites (N-methyl/N-ethyl adjacent to an activating group) is 1. The zero-order valence-electron chi connectivity index (χ0n) is 11.4. The van der Waals surface area contributed by atoms with Crippen molar-refractivity contribution in [1.82, 2.24) is 0 Å². The van der Waals surface area contributed by atoms with Crippen molar-refractivity contribution >= 4 is 27.9 Å². The summed E-state index contributed by atoms with van der Waals surface area (Å²) in [5.41, 5.74) is 13.2. The fourth-order valence-corrected chi connectivity index (χ4v) is 3.48. The molecule has 1 saturated carbocycles. The van der Waals surface area contributed by atoms with Gasteiger partial charge in [-0.1, -0.05) is 0 Å². The summed E-state index contributed by atoms with van der Waals surface area (Å²) in [6.07, 6.45) is 2.29. The van der Waals surface area contributed by atoms with Crippen LogP contribution in [0.2, 0.25) is 0 Å². The Balaban J connectivity index is 2.36. The van der Waals surface area contributed by atoms with Crippen LogP contribution < -0.4 is 16.4 Å². The van der Waals surface area contributed by atoms with E-state index in [1.54, 1.807) is 7.11 Å². The van der Waals surface area contributed by atoms with Crippen LogP contribution in [0.1, 0.15) is 40.9 Å². The summed E-state index contributed by atoms with van der Waals surface area (Å²) in [6.45, 7) is 4.40. The highest BCUT2D eigenvalue weighted by atomic mass is 32.1. The lowest BCUT2D eigenvalue weighted by molar-refractivity contribution is 0.100. The van der Waals surface area contributed by atoms with Gasteiger partial charge in [-0.15, -0.1) is 11.3 Å². The Morgan fingerprint density at radius 1 is 1.53 bits per heavy atom. The van der Waals surface area contributed by atoms with Crippen molar-refractivity contribution < 1.29 is 9.53 Å². The molecule has 0 bridgehead atoms. The smallest absolute Gasteiger partial charge is 0.260 e.